The Hall–Kier alpha value is -0.960. The van der Waals surface area contributed by atoms with E-state index in [1.807, 2.05) is 19.1 Å². The molecule has 1 aromatic rings. The standard InChI is InChI=1S/C13H18O2S/c1-4-9(2)8-16-11-5-6-12(13(14)15)10(3)7-11/h5-7,9H,4,8H2,1-3H3,(H,14,15). The zero-order valence-electron chi connectivity index (χ0n) is 9.99. The van der Waals surface area contributed by atoms with Crippen molar-refractivity contribution in [1.29, 1.82) is 0 Å². The van der Waals surface area contributed by atoms with Gasteiger partial charge < -0.3 is 5.11 Å². The predicted octanol–water partition coefficient (Wildman–Crippen LogP) is 3.83. The van der Waals surface area contributed by atoms with Crippen LogP contribution in [0.3, 0.4) is 0 Å². The highest BCUT2D eigenvalue weighted by molar-refractivity contribution is 7.99. The lowest BCUT2D eigenvalue weighted by atomic mass is 10.1. The van der Waals surface area contributed by atoms with Crippen molar-refractivity contribution >= 4 is 17.7 Å². The van der Waals surface area contributed by atoms with Crippen molar-refractivity contribution in [1.82, 2.24) is 0 Å². The van der Waals surface area contributed by atoms with E-state index in [2.05, 4.69) is 13.8 Å². The Morgan fingerprint density at radius 2 is 2.19 bits per heavy atom. The van der Waals surface area contributed by atoms with Gasteiger partial charge in [0.05, 0.1) is 5.56 Å². The van der Waals surface area contributed by atoms with Crippen molar-refractivity contribution in [2.75, 3.05) is 5.75 Å². The van der Waals surface area contributed by atoms with E-state index in [0.717, 1.165) is 16.2 Å². The fraction of sp³-hybridized carbons (Fsp3) is 0.462. The van der Waals surface area contributed by atoms with E-state index >= 15 is 0 Å². The van der Waals surface area contributed by atoms with Crippen molar-refractivity contribution in [2.24, 2.45) is 5.92 Å². The molecular formula is C13H18O2S. The van der Waals surface area contributed by atoms with Gasteiger partial charge in [0, 0.05) is 10.6 Å². The summed E-state index contributed by atoms with van der Waals surface area (Å²) in [5.74, 6) is 0.933. The number of benzene rings is 1. The smallest absolute Gasteiger partial charge is 0.335 e. The molecule has 0 radical (unpaired) electrons. The van der Waals surface area contributed by atoms with Gasteiger partial charge in [0.2, 0.25) is 0 Å². The number of carboxylic acids is 1. The first-order valence-electron chi connectivity index (χ1n) is 5.51. The first-order chi connectivity index (χ1) is 7.54. The van der Waals surface area contributed by atoms with Crippen molar-refractivity contribution < 1.29 is 9.90 Å². The molecule has 1 atom stereocenters. The lowest BCUT2D eigenvalue weighted by Crippen LogP contribution is -2.00. The minimum Gasteiger partial charge on any atom is -0.478 e. The Labute approximate surface area is 101 Å². The van der Waals surface area contributed by atoms with Gasteiger partial charge in [0.1, 0.15) is 0 Å². The number of carbonyl (C=O) groups is 1. The zero-order chi connectivity index (χ0) is 12.1. The van der Waals surface area contributed by atoms with Gasteiger partial charge in [-0.15, -0.1) is 11.8 Å². The van der Waals surface area contributed by atoms with E-state index in [1.165, 1.54) is 6.42 Å². The second-order valence-electron chi connectivity index (χ2n) is 4.11. The molecule has 0 aromatic heterocycles. The maximum atomic E-state index is 10.8. The predicted molar refractivity (Wildman–Crippen MR) is 68.3 cm³/mol. The molecule has 0 saturated carbocycles. The summed E-state index contributed by atoms with van der Waals surface area (Å²) in [6.07, 6.45) is 1.18. The molecule has 1 rings (SSSR count). The second-order valence-corrected chi connectivity index (χ2v) is 5.20. The Bertz CT molecular complexity index is 374. The number of rotatable bonds is 5. The SMILES string of the molecule is CCC(C)CSc1ccc(C(=O)O)c(C)c1. The van der Waals surface area contributed by atoms with Gasteiger partial charge in [-0.2, -0.15) is 0 Å². The molecule has 0 aliphatic heterocycles. The number of carboxylic acid groups (broad SMARTS) is 1. The van der Waals surface area contributed by atoms with Crippen LogP contribution < -0.4 is 0 Å². The largest absolute Gasteiger partial charge is 0.478 e. The monoisotopic (exact) mass is 238 g/mol. The van der Waals surface area contributed by atoms with Gasteiger partial charge in [0.15, 0.2) is 0 Å². The van der Waals surface area contributed by atoms with Crippen LogP contribution in [-0.4, -0.2) is 16.8 Å². The topological polar surface area (TPSA) is 37.3 Å². The molecule has 0 heterocycles. The lowest BCUT2D eigenvalue weighted by Gasteiger charge is -2.09. The number of hydrogen-bond acceptors (Lipinski definition) is 2. The average molecular weight is 238 g/mol. The Kier molecular flexibility index (Phi) is 4.87. The van der Waals surface area contributed by atoms with E-state index < -0.39 is 5.97 Å². The van der Waals surface area contributed by atoms with Crippen molar-refractivity contribution in [3.8, 4) is 0 Å². The lowest BCUT2D eigenvalue weighted by molar-refractivity contribution is 0.0696. The molecule has 1 unspecified atom stereocenters. The number of aromatic carboxylic acids is 1. The Morgan fingerprint density at radius 3 is 2.69 bits per heavy atom. The van der Waals surface area contributed by atoms with Crippen LogP contribution in [0.5, 0.6) is 0 Å². The highest BCUT2D eigenvalue weighted by atomic mass is 32.2. The fourth-order valence-electron chi connectivity index (χ4n) is 1.32. The van der Waals surface area contributed by atoms with Crippen molar-refractivity contribution in [3.05, 3.63) is 29.3 Å². The summed E-state index contributed by atoms with van der Waals surface area (Å²) in [5, 5.41) is 8.91. The molecule has 0 aliphatic rings. The quantitative estimate of drug-likeness (QED) is 0.792. The van der Waals surface area contributed by atoms with Gasteiger partial charge in [-0.1, -0.05) is 20.3 Å². The van der Waals surface area contributed by atoms with Crippen LogP contribution in [0.1, 0.15) is 36.2 Å². The maximum Gasteiger partial charge on any atom is 0.335 e. The van der Waals surface area contributed by atoms with Gasteiger partial charge in [-0.3, -0.25) is 0 Å². The van der Waals surface area contributed by atoms with Crippen LogP contribution in [0.4, 0.5) is 0 Å². The summed E-state index contributed by atoms with van der Waals surface area (Å²) in [6.45, 7) is 6.26. The van der Waals surface area contributed by atoms with E-state index in [9.17, 15) is 4.79 Å². The van der Waals surface area contributed by atoms with E-state index in [4.69, 9.17) is 5.11 Å². The minimum absolute atomic E-state index is 0.396. The molecule has 0 aliphatic carbocycles. The number of aryl methyl sites for hydroxylation is 1. The van der Waals surface area contributed by atoms with Crippen LogP contribution >= 0.6 is 11.8 Å². The highest BCUT2D eigenvalue weighted by Crippen LogP contribution is 2.24. The van der Waals surface area contributed by atoms with Crippen molar-refractivity contribution in [3.63, 3.8) is 0 Å². The van der Waals surface area contributed by atoms with Gasteiger partial charge >= 0.3 is 5.97 Å². The normalized spacial score (nSPS) is 12.4. The summed E-state index contributed by atoms with van der Waals surface area (Å²) < 4.78 is 0. The summed E-state index contributed by atoms with van der Waals surface area (Å²) in [5.41, 5.74) is 1.23. The maximum absolute atomic E-state index is 10.8. The molecule has 16 heavy (non-hydrogen) atoms. The minimum atomic E-state index is -0.851. The Morgan fingerprint density at radius 1 is 1.50 bits per heavy atom. The summed E-state index contributed by atoms with van der Waals surface area (Å²) >= 11 is 1.79. The first kappa shape index (κ1) is 13.1. The van der Waals surface area contributed by atoms with Crippen LogP contribution in [0, 0.1) is 12.8 Å². The molecule has 0 fully saturated rings. The molecule has 0 amide bonds. The van der Waals surface area contributed by atoms with Crippen LogP contribution in [0.25, 0.3) is 0 Å². The molecule has 88 valence electrons. The molecule has 0 saturated heterocycles. The van der Waals surface area contributed by atoms with Gasteiger partial charge in [-0.05, 0) is 36.6 Å². The van der Waals surface area contributed by atoms with Gasteiger partial charge in [-0.25, -0.2) is 4.79 Å². The van der Waals surface area contributed by atoms with Crippen LogP contribution in [0.2, 0.25) is 0 Å². The van der Waals surface area contributed by atoms with Crippen LogP contribution in [0.15, 0.2) is 23.1 Å². The van der Waals surface area contributed by atoms with E-state index in [1.54, 1.807) is 17.8 Å². The van der Waals surface area contributed by atoms with E-state index in [0.29, 0.717) is 11.5 Å². The first-order valence-corrected chi connectivity index (χ1v) is 6.50. The van der Waals surface area contributed by atoms with E-state index in [-0.39, 0.29) is 0 Å². The molecule has 2 nitrogen and oxygen atoms in total. The zero-order valence-corrected chi connectivity index (χ0v) is 10.8. The molecule has 3 heteroatoms. The third kappa shape index (κ3) is 3.56. The third-order valence-corrected chi connectivity index (χ3v) is 3.98. The molecule has 0 spiro atoms. The van der Waals surface area contributed by atoms with Gasteiger partial charge in [0.25, 0.3) is 0 Å². The highest BCUT2D eigenvalue weighted by Gasteiger charge is 2.07. The summed E-state index contributed by atoms with van der Waals surface area (Å²) in [4.78, 5) is 12.0. The molecule has 0 bridgehead atoms. The molecule has 1 N–H and O–H groups in total. The second kappa shape index (κ2) is 5.94. The average Bonchev–Trinajstić information content (AvgIpc) is 2.25. The summed E-state index contributed by atoms with van der Waals surface area (Å²) in [6, 6.07) is 5.54. The number of hydrogen-bond donors (Lipinski definition) is 1. The van der Waals surface area contributed by atoms with Crippen molar-refractivity contribution in [2.45, 2.75) is 32.1 Å². The Balaban J connectivity index is 2.70. The number of thioether (sulfide) groups is 1. The molecule has 1 aromatic carbocycles. The fourth-order valence-corrected chi connectivity index (χ4v) is 2.46. The molecular weight excluding hydrogens is 220 g/mol. The summed E-state index contributed by atoms with van der Waals surface area (Å²) in [7, 11) is 0. The third-order valence-electron chi connectivity index (χ3n) is 2.66. The van der Waals surface area contributed by atoms with Crippen LogP contribution in [-0.2, 0) is 0 Å².